The highest BCUT2D eigenvalue weighted by Crippen LogP contribution is 2.24. The van der Waals surface area contributed by atoms with Crippen LogP contribution in [0, 0.1) is 11.6 Å². The van der Waals surface area contributed by atoms with Crippen molar-refractivity contribution in [3.8, 4) is 5.75 Å². The number of thiocarbonyl (C=S) groups is 1. The molecule has 0 saturated heterocycles. The molecule has 0 aromatic heterocycles. The molecule has 0 atom stereocenters. The smallest absolute Gasteiger partial charge is 0.131 e. The van der Waals surface area contributed by atoms with Gasteiger partial charge in [-0.2, -0.15) is 0 Å². The summed E-state index contributed by atoms with van der Waals surface area (Å²) in [7, 11) is 0. The lowest BCUT2D eigenvalue weighted by Gasteiger charge is -2.11. The van der Waals surface area contributed by atoms with Gasteiger partial charge >= 0.3 is 0 Å². The molecule has 2 N–H and O–H groups in total. The van der Waals surface area contributed by atoms with Crippen LogP contribution in [0.15, 0.2) is 36.4 Å². The van der Waals surface area contributed by atoms with Gasteiger partial charge in [-0.1, -0.05) is 23.8 Å². The zero-order valence-corrected chi connectivity index (χ0v) is 11.8. The minimum Gasteiger partial charge on any atom is -0.488 e. The second-order valence-electron chi connectivity index (χ2n) is 4.07. The fourth-order valence-corrected chi connectivity index (χ4v) is 2.01. The number of nitrogens with two attached hydrogens (primary N) is 1. The van der Waals surface area contributed by atoms with E-state index in [4.69, 9.17) is 34.3 Å². The van der Waals surface area contributed by atoms with Gasteiger partial charge < -0.3 is 10.5 Å². The number of benzene rings is 2. The Hall–Kier alpha value is -1.72. The van der Waals surface area contributed by atoms with Gasteiger partial charge in [0.1, 0.15) is 29.0 Å². The molecule has 0 saturated carbocycles. The van der Waals surface area contributed by atoms with E-state index < -0.39 is 11.6 Å². The quantitative estimate of drug-likeness (QED) is 0.871. The molecule has 2 aromatic rings. The molecule has 0 spiro atoms. The largest absolute Gasteiger partial charge is 0.488 e. The molecule has 2 aromatic carbocycles. The van der Waals surface area contributed by atoms with Crippen molar-refractivity contribution in [2.24, 2.45) is 5.73 Å². The van der Waals surface area contributed by atoms with Crippen molar-refractivity contribution in [3.05, 3.63) is 64.2 Å². The summed E-state index contributed by atoms with van der Waals surface area (Å²) in [5.41, 5.74) is 6.44. The van der Waals surface area contributed by atoms with E-state index in [0.717, 1.165) is 6.07 Å². The average Bonchev–Trinajstić information content (AvgIpc) is 2.35. The lowest BCUT2D eigenvalue weighted by molar-refractivity contribution is 0.304. The molecule has 20 heavy (non-hydrogen) atoms. The Labute approximate surface area is 125 Å². The summed E-state index contributed by atoms with van der Waals surface area (Å²) in [6, 6.07) is 7.98. The second-order valence-corrected chi connectivity index (χ2v) is 4.95. The summed E-state index contributed by atoms with van der Waals surface area (Å²) >= 11 is 10.8. The molecule has 0 radical (unpaired) electrons. The van der Waals surface area contributed by atoms with Crippen LogP contribution in [0.3, 0.4) is 0 Å². The van der Waals surface area contributed by atoms with Crippen molar-refractivity contribution in [1.82, 2.24) is 0 Å². The van der Waals surface area contributed by atoms with E-state index >= 15 is 0 Å². The number of hydrogen-bond donors (Lipinski definition) is 1. The minimum atomic E-state index is -0.663. The van der Waals surface area contributed by atoms with Crippen molar-refractivity contribution in [3.63, 3.8) is 0 Å². The molecule has 0 aliphatic heterocycles. The molecule has 6 heteroatoms. The van der Waals surface area contributed by atoms with Crippen LogP contribution in [0.2, 0.25) is 5.02 Å². The average molecular weight is 314 g/mol. The topological polar surface area (TPSA) is 35.2 Å². The lowest BCUT2D eigenvalue weighted by Crippen LogP contribution is -2.11. The first kappa shape index (κ1) is 14.7. The predicted octanol–water partition coefficient (Wildman–Crippen LogP) is 3.83. The van der Waals surface area contributed by atoms with E-state index in [-0.39, 0.29) is 11.6 Å². The molecule has 0 fully saturated rings. The first-order chi connectivity index (χ1) is 9.45. The molecule has 0 amide bonds. The Kier molecular flexibility index (Phi) is 4.52. The van der Waals surface area contributed by atoms with Crippen molar-refractivity contribution in [2.45, 2.75) is 6.61 Å². The van der Waals surface area contributed by atoms with Crippen LogP contribution < -0.4 is 10.5 Å². The standard InChI is InChI=1S/C14H10ClF2NOS/c15-9-1-2-12(14(18)20)13(5-9)19-7-8-3-10(16)6-11(17)4-8/h1-6H,7H2,(H2,18,20). The Morgan fingerprint density at radius 2 is 1.80 bits per heavy atom. The number of halogens is 3. The van der Waals surface area contributed by atoms with Gasteiger partial charge in [0, 0.05) is 11.1 Å². The summed E-state index contributed by atoms with van der Waals surface area (Å²) in [5.74, 6) is -0.955. The predicted molar refractivity (Wildman–Crippen MR) is 78.0 cm³/mol. The second kappa shape index (κ2) is 6.15. The summed E-state index contributed by atoms with van der Waals surface area (Å²) in [4.78, 5) is 0.155. The summed E-state index contributed by atoms with van der Waals surface area (Å²) in [6.45, 7) is -0.0232. The molecular formula is C14H10ClF2NOS. The van der Waals surface area contributed by atoms with Crippen LogP contribution in [0.1, 0.15) is 11.1 Å². The molecule has 2 nitrogen and oxygen atoms in total. The van der Waals surface area contributed by atoms with Gasteiger partial charge in [0.05, 0.1) is 5.56 Å². The van der Waals surface area contributed by atoms with E-state index in [9.17, 15) is 8.78 Å². The Morgan fingerprint density at radius 1 is 1.15 bits per heavy atom. The Balaban J connectivity index is 2.22. The zero-order valence-electron chi connectivity index (χ0n) is 10.2. The monoisotopic (exact) mass is 313 g/mol. The van der Waals surface area contributed by atoms with Crippen molar-refractivity contribution in [2.75, 3.05) is 0 Å². The van der Waals surface area contributed by atoms with Crippen LogP contribution in [0.4, 0.5) is 8.78 Å². The third-order valence-electron chi connectivity index (χ3n) is 2.53. The Morgan fingerprint density at radius 3 is 2.40 bits per heavy atom. The van der Waals surface area contributed by atoms with Crippen LogP contribution in [0.25, 0.3) is 0 Å². The molecule has 0 heterocycles. The van der Waals surface area contributed by atoms with Crippen LogP contribution in [-0.4, -0.2) is 4.99 Å². The number of rotatable bonds is 4. The Bertz CT molecular complexity index is 643. The third kappa shape index (κ3) is 3.65. The first-order valence-electron chi connectivity index (χ1n) is 5.63. The van der Waals surface area contributed by atoms with Gasteiger partial charge in [-0.3, -0.25) is 0 Å². The van der Waals surface area contributed by atoms with Crippen LogP contribution in [0.5, 0.6) is 5.75 Å². The van der Waals surface area contributed by atoms with Crippen LogP contribution in [-0.2, 0) is 6.61 Å². The fourth-order valence-electron chi connectivity index (χ4n) is 1.67. The SMILES string of the molecule is NC(=S)c1ccc(Cl)cc1OCc1cc(F)cc(F)c1. The van der Waals surface area contributed by atoms with Crippen LogP contribution >= 0.6 is 23.8 Å². The molecular weight excluding hydrogens is 304 g/mol. The normalized spacial score (nSPS) is 10.3. The van der Waals surface area contributed by atoms with E-state index in [2.05, 4.69) is 0 Å². The lowest BCUT2D eigenvalue weighted by atomic mass is 10.2. The summed E-state index contributed by atoms with van der Waals surface area (Å²) < 4.78 is 31.6. The van der Waals surface area contributed by atoms with Crippen molar-refractivity contribution < 1.29 is 13.5 Å². The van der Waals surface area contributed by atoms with E-state index in [1.165, 1.54) is 12.1 Å². The first-order valence-corrected chi connectivity index (χ1v) is 6.41. The van der Waals surface area contributed by atoms with E-state index in [1.807, 2.05) is 0 Å². The van der Waals surface area contributed by atoms with E-state index in [1.54, 1.807) is 18.2 Å². The van der Waals surface area contributed by atoms with Gasteiger partial charge in [-0.25, -0.2) is 8.78 Å². The third-order valence-corrected chi connectivity index (χ3v) is 2.98. The van der Waals surface area contributed by atoms with Crippen molar-refractivity contribution in [1.29, 1.82) is 0 Å². The number of ether oxygens (including phenoxy) is 1. The van der Waals surface area contributed by atoms with Gasteiger partial charge in [-0.15, -0.1) is 0 Å². The molecule has 0 aliphatic carbocycles. The maximum atomic E-state index is 13.1. The van der Waals surface area contributed by atoms with E-state index in [0.29, 0.717) is 21.9 Å². The summed E-state index contributed by atoms with van der Waals surface area (Å²) in [5, 5.41) is 0.449. The highest BCUT2D eigenvalue weighted by Gasteiger charge is 2.08. The molecule has 104 valence electrons. The minimum absolute atomic E-state index is 0.0232. The highest BCUT2D eigenvalue weighted by molar-refractivity contribution is 7.80. The van der Waals surface area contributed by atoms with Gasteiger partial charge in [0.25, 0.3) is 0 Å². The maximum Gasteiger partial charge on any atom is 0.131 e. The zero-order chi connectivity index (χ0) is 14.7. The maximum absolute atomic E-state index is 13.1. The highest BCUT2D eigenvalue weighted by atomic mass is 35.5. The molecule has 0 bridgehead atoms. The van der Waals surface area contributed by atoms with Gasteiger partial charge in [0.15, 0.2) is 0 Å². The van der Waals surface area contributed by atoms with Gasteiger partial charge in [0.2, 0.25) is 0 Å². The molecule has 0 unspecified atom stereocenters. The van der Waals surface area contributed by atoms with Gasteiger partial charge in [-0.05, 0) is 35.9 Å². The fraction of sp³-hybridized carbons (Fsp3) is 0.0714. The van der Waals surface area contributed by atoms with Crippen molar-refractivity contribution >= 4 is 28.8 Å². The molecule has 0 aliphatic rings. The summed E-state index contributed by atoms with van der Waals surface area (Å²) in [6.07, 6.45) is 0. The molecule has 2 rings (SSSR count). The number of hydrogen-bond acceptors (Lipinski definition) is 2.